The minimum absolute atomic E-state index is 0.0243. The van der Waals surface area contributed by atoms with Gasteiger partial charge in [-0.25, -0.2) is 5.43 Å². The monoisotopic (exact) mass is 343 g/mol. The van der Waals surface area contributed by atoms with Crippen molar-refractivity contribution in [2.45, 2.75) is 32.1 Å². The minimum atomic E-state index is -0.455. The molecule has 24 heavy (non-hydrogen) atoms. The minimum Gasteiger partial charge on any atom is -0.266 e. The van der Waals surface area contributed by atoms with E-state index in [1.54, 1.807) is 23.5 Å². The van der Waals surface area contributed by atoms with Crippen molar-refractivity contribution in [3.8, 4) is 0 Å². The third-order valence-electron chi connectivity index (χ3n) is 3.95. The summed E-state index contributed by atoms with van der Waals surface area (Å²) in [6, 6.07) is 7.95. The van der Waals surface area contributed by atoms with Crippen molar-refractivity contribution >= 4 is 29.1 Å². The first-order valence-corrected chi connectivity index (χ1v) is 8.64. The van der Waals surface area contributed by atoms with Gasteiger partial charge in [0, 0.05) is 17.0 Å². The van der Waals surface area contributed by atoms with Gasteiger partial charge in [0.25, 0.3) is 11.6 Å². The van der Waals surface area contributed by atoms with Crippen molar-refractivity contribution in [2.75, 3.05) is 0 Å². The van der Waals surface area contributed by atoms with Crippen LogP contribution < -0.4 is 5.43 Å². The molecule has 0 aliphatic heterocycles. The zero-order chi connectivity index (χ0) is 16.9. The average Bonchev–Trinajstić information content (AvgIpc) is 2.86. The van der Waals surface area contributed by atoms with Crippen molar-refractivity contribution in [2.24, 2.45) is 5.10 Å². The largest absolute Gasteiger partial charge is 0.281 e. The molecule has 124 valence electrons. The van der Waals surface area contributed by atoms with E-state index in [2.05, 4.69) is 10.5 Å². The van der Waals surface area contributed by atoms with E-state index in [-0.39, 0.29) is 11.6 Å². The van der Waals surface area contributed by atoms with Crippen LogP contribution in [0, 0.1) is 10.1 Å². The molecule has 1 aromatic heterocycles. The van der Waals surface area contributed by atoms with Crippen LogP contribution in [0.2, 0.25) is 0 Å². The highest BCUT2D eigenvalue weighted by Gasteiger charge is 2.16. The number of non-ortho nitro benzene ring substituents is 1. The molecule has 0 unspecified atom stereocenters. The number of rotatable bonds is 4. The molecule has 0 fully saturated rings. The molecule has 1 N–H and O–H groups in total. The van der Waals surface area contributed by atoms with Crippen molar-refractivity contribution < 1.29 is 9.72 Å². The Kier molecular flexibility index (Phi) is 5.00. The molecular weight excluding hydrogens is 326 g/mol. The molecule has 3 rings (SSSR count). The van der Waals surface area contributed by atoms with Crippen LogP contribution in [0.3, 0.4) is 0 Å². The molecule has 1 amide bonds. The number of hydrazone groups is 1. The number of amides is 1. The van der Waals surface area contributed by atoms with Crippen molar-refractivity contribution in [3.63, 3.8) is 0 Å². The van der Waals surface area contributed by atoms with E-state index < -0.39 is 4.92 Å². The number of nitro benzene ring substituents is 1. The Bertz CT molecular complexity index is 757. The van der Waals surface area contributed by atoms with E-state index in [1.807, 2.05) is 6.07 Å². The first-order chi connectivity index (χ1) is 11.6. The second-order valence-electron chi connectivity index (χ2n) is 5.67. The summed E-state index contributed by atoms with van der Waals surface area (Å²) in [4.78, 5) is 24.3. The maximum Gasteiger partial charge on any atom is 0.281 e. The van der Waals surface area contributed by atoms with Crippen LogP contribution in [0.4, 0.5) is 5.69 Å². The summed E-state index contributed by atoms with van der Waals surface area (Å²) in [7, 11) is 0. The highest BCUT2D eigenvalue weighted by Crippen LogP contribution is 2.28. The van der Waals surface area contributed by atoms with E-state index in [0.717, 1.165) is 12.8 Å². The number of thiophene rings is 1. The first-order valence-electron chi connectivity index (χ1n) is 7.83. The van der Waals surface area contributed by atoms with Crippen molar-refractivity contribution in [1.29, 1.82) is 0 Å². The van der Waals surface area contributed by atoms with Gasteiger partial charge in [-0.2, -0.15) is 5.10 Å². The van der Waals surface area contributed by atoms with E-state index in [0.29, 0.717) is 10.4 Å². The molecule has 6 nitrogen and oxygen atoms in total. The number of nitrogens with one attached hydrogen (secondary N) is 1. The second-order valence-corrected chi connectivity index (χ2v) is 6.80. The Morgan fingerprint density at radius 3 is 2.71 bits per heavy atom. The molecule has 0 radical (unpaired) electrons. The molecule has 2 aromatic rings. The third-order valence-corrected chi connectivity index (χ3v) is 5.19. The lowest BCUT2D eigenvalue weighted by Crippen LogP contribution is -2.16. The van der Waals surface area contributed by atoms with E-state index in [4.69, 9.17) is 0 Å². The summed E-state index contributed by atoms with van der Waals surface area (Å²) in [5.41, 5.74) is 4.52. The molecule has 1 aliphatic rings. The Hall–Kier alpha value is -2.54. The van der Waals surface area contributed by atoms with Crippen LogP contribution in [0.1, 0.15) is 44.9 Å². The maximum atomic E-state index is 12.2. The molecule has 0 atom stereocenters. The van der Waals surface area contributed by atoms with Gasteiger partial charge in [-0.1, -0.05) is 6.42 Å². The summed E-state index contributed by atoms with van der Waals surface area (Å²) in [5.74, 6) is -0.216. The molecular formula is C17H17N3O3S. The van der Waals surface area contributed by atoms with Crippen molar-refractivity contribution in [3.05, 3.63) is 61.3 Å². The van der Waals surface area contributed by atoms with Gasteiger partial charge < -0.3 is 0 Å². The molecule has 7 heteroatoms. The van der Waals surface area contributed by atoms with E-state index in [9.17, 15) is 14.9 Å². The number of nitrogens with zero attached hydrogens (tertiary/aromatic N) is 2. The third kappa shape index (κ3) is 3.86. The molecule has 0 saturated heterocycles. The second kappa shape index (κ2) is 7.35. The van der Waals surface area contributed by atoms with E-state index >= 15 is 0 Å². The van der Waals surface area contributed by atoms with Crippen LogP contribution in [0.25, 0.3) is 0 Å². The summed E-state index contributed by atoms with van der Waals surface area (Å²) in [6.07, 6.45) is 7.20. The van der Waals surface area contributed by atoms with Crippen LogP contribution >= 0.6 is 11.3 Å². The van der Waals surface area contributed by atoms with Gasteiger partial charge in [0.15, 0.2) is 0 Å². The summed E-state index contributed by atoms with van der Waals surface area (Å²) >= 11 is 1.55. The van der Waals surface area contributed by atoms with Crippen LogP contribution in [-0.2, 0) is 12.8 Å². The highest BCUT2D eigenvalue weighted by atomic mass is 32.1. The predicted octanol–water partition coefficient (Wildman–Crippen LogP) is 3.69. The Morgan fingerprint density at radius 1 is 1.21 bits per heavy atom. The smallest absolute Gasteiger partial charge is 0.266 e. The summed E-state index contributed by atoms with van der Waals surface area (Å²) in [5, 5.41) is 14.5. The summed E-state index contributed by atoms with van der Waals surface area (Å²) in [6.45, 7) is 0. The van der Waals surface area contributed by atoms with Gasteiger partial charge in [0.2, 0.25) is 0 Å². The van der Waals surface area contributed by atoms with Crippen molar-refractivity contribution in [1.82, 2.24) is 5.43 Å². The Morgan fingerprint density at radius 2 is 1.96 bits per heavy atom. The Balaban J connectivity index is 1.61. The zero-order valence-corrected chi connectivity index (χ0v) is 13.8. The normalized spacial score (nSPS) is 14.2. The number of benzene rings is 1. The molecule has 0 bridgehead atoms. The maximum absolute atomic E-state index is 12.2. The molecule has 1 aromatic carbocycles. The van der Waals surface area contributed by atoms with Crippen LogP contribution in [0.5, 0.6) is 0 Å². The van der Waals surface area contributed by atoms with Gasteiger partial charge in [-0.3, -0.25) is 14.9 Å². The molecule has 0 spiro atoms. The highest BCUT2D eigenvalue weighted by molar-refractivity contribution is 7.14. The van der Waals surface area contributed by atoms with Gasteiger partial charge in [0.1, 0.15) is 0 Å². The fraction of sp³-hybridized carbons (Fsp3) is 0.294. The number of aryl methyl sites for hydroxylation is 2. The predicted molar refractivity (Wildman–Crippen MR) is 93.7 cm³/mol. The quantitative estimate of drug-likeness (QED) is 0.398. The lowest BCUT2D eigenvalue weighted by Gasteiger charge is -1.97. The van der Waals surface area contributed by atoms with Gasteiger partial charge in [0.05, 0.1) is 16.0 Å². The number of fused-ring (bicyclic) bond motifs is 1. The van der Waals surface area contributed by atoms with Gasteiger partial charge >= 0.3 is 0 Å². The number of hydrogen-bond acceptors (Lipinski definition) is 5. The average molecular weight is 343 g/mol. The SMILES string of the molecule is O=C(N/N=C\c1ccc([N+](=O)[O-])cc1)c1cc2c(s1)CCCCC2. The number of hydrogen-bond donors (Lipinski definition) is 1. The topological polar surface area (TPSA) is 84.6 Å². The fourth-order valence-electron chi connectivity index (χ4n) is 2.68. The van der Waals surface area contributed by atoms with Gasteiger partial charge in [-0.15, -0.1) is 11.3 Å². The lowest BCUT2D eigenvalue weighted by atomic mass is 10.1. The molecule has 1 aliphatic carbocycles. The molecule has 1 heterocycles. The number of nitro groups is 1. The van der Waals surface area contributed by atoms with Crippen LogP contribution in [0.15, 0.2) is 35.4 Å². The first kappa shape index (κ1) is 16.3. The zero-order valence-electron chi connectivity index (χ0n) is 13.0. The fourth-order valence-corrected chi connectivity index (χ4v) is 3.83. The van der Waals surface area contributed by atoms with E-state index in [1.165, 1.54) is 48.1 Å². The standard InChI is InChI=1S/C17H17N3O3S/c21-17(16-10-13-4-2-1-3-5-15(13)24-16)19-18-11-12-6-8-14(9-7-12)20(22)23/h6-11H,1-5H2,(H,19,21)/b18-11-. The number of carbonyl (C=O) groups excluding carboxylic acids is 1. The van der Waals surface area contributed by atoms with Crippen LogP contribution in [-0.4, -0.2) is 17.0 Å². The number of carbonyl (C=O) groups is 1. The molecule has 0 saturated carbocycles. The lowest BCUT2D eigenvalue weighted by molar-refractivity contribution is -0.384. The Labute approximate surface area is 143 Å². The van der Waals surface area contributed by atoms with Gasteiger partial charge in [-0.05, 0) is 55.0 Å². The summed E-state index contributed by atoms with van der Waals surface area (Å²) < 4.78 is 0.